The van der Waals surface area contributed by atoms with E-state index >= 15 is 0 Å². The smallest absolute Gasteiger partial charge is 0.0827 e. The molecule has 0 spiro atoms. The van der Waals surface area contributed by atoms with Crippen LogP contribution in [0.3, 0.4) is 0 Å². The zero-order valence-electron chi connectivity index (χ0n) is 7.31. The first-order chi connectivity index (χ1) is 6.45. The summed E-state index contributed by atoms with van der Waals surface area (Å²) in [7, 11) is 0. The van der Waals surface area contributed by atoms with Crippen molar-refractivity contribution in [1.29, 1.82) is 0 Å². The number of hydrogen-bond acceptors (Lipinski definition) is 3. The topological polar surface area (TPSA) is 24.4 Å². The summed E-state index contributed by atoms with van der Waals surface area (Å²) < 4.78 is 0. The lowest BCUT2D eigenvalue weighted by Crippen LogP contribution is -2.26. The van der Waals surface area contributed by atoms with Gasteiger partial charge in [-0.25, -0.2) is 0 Å². The fourth-order valence-electron chi connectivity index (χ4n) is 1.21. The van der Waals surface area contributed by atoms with E-state index in [0.29, 0.717) is 6.04 Å². The van der Waals surface area contributed by atoms with Crippen molar-refractivity contribution in [1.82, 2.24) is 5.32 Å². The number of thioether (sulfide) groups is 1. The Hall–Kier alpha value is -0.960. The first kappa shape index (κ1) is 8.63. The summed E-state index contributed by atoms with van der Waals surface area (Å²) >= 11 is 1.88. The number of nitrogens with zero attached hydrogens (tertiary/aromatic N) is 1. The monoisotopic (exact) mass is 192 g/mol. The third-order valence-electron chi connectivity index (χ3n) is 1.92. The van der Waals surface area contributed by atoms with Gasteiger partial charge in [-0.05, 0) is 12.1 Å². The molecule has 3 heteroatoms. The Kier molecular flexibility index (Phi) is 2.87. The maximum Gasteiger partial charge on any atom is 0.0827 e. The molecular weight excluding hydrogens is 180 g/mol. The van der Waals surface area contributed by atoms with Crippen LogP contribution in [-0.4, -0.2) is 24.7 Å². The molecule has 0 bridgehead atoms. The quantitative estimate of drug-likeness (QED) is 0.738. The molecule has 1 heterocycles. The van der Waals surface area contributed by atoms with E-state index in [1.165, 1.54) is 4.90 Å². The highest BCUT2D eigenvalue weighted by molar-refractivity contribution is 7.99. The van der Waals surface area contributed by atoms with Crippen molar-refractivity contribution >= 4 is 18.1 Å². The maximum atomic E-state index is 4.13. The Labute approximate surface area is 82.5 Å². The van der Waals surface area contributed by atoms with E-state index < -0.39 is 0 Å². The van der Waals surface area contributed by atoms with Gasteiger partial charge in [0.05, 0.1) is 18.9 Å². The molecule has 1 atom stereocenters. The van der Waals surface area contributed by atoms with Gasteiger partial charge in [0.2, 0.25) is 0 Å². The highest BCUT2D eigenvalue weighted by atomic mass is 32.2. The predicted octanol–water partition coefficient (Wildman–Crippen LogP) is 1.78. The molecule has 1 unspecified atom stereocenters. The van der Waals surface area contributed by atoms with Crippen LogP contribution in [0, 0.1) is 0 Å². The second-order valence-electron chi connectivity index (χ2n) is 2.98. The van der Waals surface area contributed by atoms with Gasteiger partial charge in [0.15, 0.2) is 0 Å². The van der Waals surface area contributed by atoms with Crippen LogP contribution >= 0.6 is 11.8 Å². The van der Waals surface area contributed by atoms with Crippen LogP contribution in [-0.2, 0) is 0 Å². The van der Waals surface area contributed by atoms with Crippen molar-refractivity contribution in [3.63, 3.8) is 0 Å². The number of nitrogens with one attached hydrogen (secondary N) is 1. The van der Waals surface area contributed by atoms with E-state index in [2.05, 4.69) is 34.6 Å². The Morgan fingerprint density at radius 3 is 2.92 bits per heavy atom. The molecule has 1 aliphatic rings. The van der Waals surface area contributed by atoms with Gasteiger partial charge in [0.1, 0.15) is 0 Å². The summed E-state index contributed by atoms with van der Waals surface area (Å²) in [5.41, 5.74) is 0. The lowest BCUT2D eigenvalue weighted by molar-refractivity contribution is 0.740. The molecule has 13 heavy (non-hydrogen) atoms. The van der Waals surface area contributed by atoms with Crippen LogP contribution in [0.4, 0.5) is 0 Å². The summed E-state index contributed by atoms with van der Waals surface area (Å²) in [6, 6.07) is 11.0. The van der Waals surface area contributed by atoms with E-state index in [1.54, 1.807) is 6.34 Å². The summed E-state index contributed by atoms with van der Waals surface area (Å²) in [5, 5.41) is 3.21. The van der Waals surface area contributed by atoms with Crippen molar-refractivity contribution in [2.24, 2.45) is 4.99 Å². The third-order valence-corrected chi connectivity index (χ3v) is 3.10. The van der Waals surface area contributed by atoms with E-state index in [0.717, 1.165) is 12.3 Å². The SMILES string of the molecule is C1=NCC(CSc2ccccc2)N1. The molecule has 2 nitrogen and oxygen atoms in total. The number of rotatable bonds is 3. The fraction of sp³-hybridized carbons (Fsp3) is 0.300. The Morgan fingerprint density at radius 2 is 2.23 bits per heavy atom. The molecule has 1 aliphatic heterocycles. The summed E-state index contributed by atoms with van der Waals surface area (Å²) in [4.78, 5) is 5.46. The first-order valence-electron chi connectivity index (χ1n) is 4.37. The number of aliphatic imine (C=N–C) groups is 1. The normalized spacial score (nSPS) is 20.2. The highest BCUT2D eigenvalue weighted by Crippen LogP contribution is 2.18. The van der Waals surface area contributed by atoms with Gasteiger partial charge in [-0.15, -0.1) is 11.8 Å². The van der Waals surface area contributed by atoms with Gasteiger partial charge < -0.3 is 5.32 Å². The minimum atomic E-state index is 0.519. The average molecular weight is 192 g/mol. The van der Waals surface area contributed by atoms with Gasteiger partial charge in [0.25, 0.3) is 0 Å². The minimum absolute atomic E-state index is 0.519. The van der Waals surface area contributed by atoms with Gasteiger partial charge in [-0.1, -0.05) is 18.2 Å². The molecule has 0 aromatic heterocycles. The molecule has 1 aromatic carbocycles. The molecule has 0 saturated carbocycles. The molecule has 0 saturated heterocycles. The summed E-state index contributed by atoms with van der Waals surface area (Å²) in [5.74, 6) is 1.09. The van der Waals surface area contributed by atoms with Crippen LogP contribution in [0.25, 0.3) is 0 Å². The zero-order valence-corrected chi connectivity index (χ0v) is 8.13. The Balaban J connectivity index is 1.80. The van der Waals surface area contributed by atoms with Gasteiger partial charge >= 0.3 is 0 Å². The molecule has 0 radical (unpaired) electrons. The van der Waals surface area contributed by atoms with Crippen LogP contribution in [0.2, 0.25) is 0 Å². The largest absolute Gasteiger partial charge is 0.371 e. The standard InChI is InChI=1S/C10H12N2S/c1-2-4-10(5-3-1)13-7-9-6-11-8-12-9/h1-5,8-9H,6-7H2,(H,11,12). The molecule has 1 aromatic rings. The van der Waals surface area contributed by atoms with Crippen LogP contribution in [0.1, 0.15) is 0 Å². The van der Waals surface area contributed by atoms with E-state index in [-0.39, 0.29) is 0 Å². The van der Waals surface area contributed by atoms with Crippen molar-refractivity contribution in [3.05, 3.63) is 30.3 Å². The number of hydrogen-bond donors (Lipinski definition) is 1. The van der Waals surface area contributed by atoms with Crippen LogP contribution in [0.15, 0.2) is 40.2 Å². The van der Waals surface area contributed by atoms with Crippen LogP contribution < -0.4 is 5.32 Å². The fourth-order valence-corrected chi connectivity index (χ4v) is 2.15. The van der Waals surface area contributed by atoms with E-state index in [1.807, 2.05) is 17.8 Å². The van der Waals surface area contributed by atoms with Crippen molar-refractivity contribution in [3.8, 4) is 0 Å². The zero-order chi connectivity index (χ0) is 8.93. The van der Waals surface area contributed by atoms with E-state index in [9.17, 15) is 0 Å². The molecule has 0 fully saturated rings. The molecular formula is C10H12N2S. The predicted molar refractivity (Wildman–Crippen MR) is 57.4 cm³/mol. The molecule has 0 amide bonds. The second kappa shape index (κ2) is 4.33. The first-order valence-corrected chi connectivity index (χ1v) is 5.36. The molecule has 0 aliphatic carbocycles. The molecule has 2 rings (SSSR count). The van der Waals surface area contributed by atoms with Gasteiger partial charge in [0, 0.05) is 10.6 Å². The number of benzene rings is 1. The Morgan fingerprint density at radius 1 is 1.38 bits per heavy atom. The van der Waals surface area contributed by atoms with Gasteiger partial charge in [-0.2, -0.15) is 0 Å². The van der Waals surface area contributed by atoms with Gasteiger partial charge in [-0.3, -0.25) is 4.99 Å². The summed E-state index contributed by atoms with van der Waals surface area (Å²) in [6.45, 7) is 0.917. The molecule has 68 valence electrons. The maximum absolute atomic E-state index is 4.13. The lowest BCUT2D eigenvalue weighted by Gasteiger charge is -2.08. The molecule has 1 N–H and O–H groups in total. The third kappa shape index (κ3) is 2.49. The second-order valence-corrected chi connectivity index (χ2v) is 4.08. The highest BCUT2D eigenvalue weighted by Gasteiger charge is 2.09. The van der Waals surface area contributed by atoms with Crippen molar-refractivity contribution in [2.75, 3.05) is 12.3 Å². The van der Waals surface area contributed by atoms with Crippen molar-refractivity contribution < 1.29 is 0 Å². The lowest BCUT2D eigenvalue weighted by atomic mass is 10.4. The summed E-state index contributed by atoms with van der Waals surface area (Å²) in [6.07, 6.45) is 1.80. The van der Waals surface area contributed by atoms with E-state index in [4.69, 9.17) is 0 Å². The average Bonchev–Trinajstić information content (AvgIpc) is 2.69. The van der Waals surface area contributed by atoms with Crippen LogP contribution in [0.5, 0.6) is 0 Å². The van der Waals surface area contributed by atoms with Crippen molar-refractivity contribution in [2.45, 2.75) is 10.9 Å². The Bertz CT molecular complexity index is 276. The minimum Gasteiger partial charge on any atom is -0.371 e.